The minimum absolute atomic E-state index is 0.219. The predicted octanol–water partition coefficient (Wildman–Crippen LogP) is 3.56. The fraction of sp³-hybridized carbons (Fsp3) is 0.312. The summed E-state index contributed by atoms with van der Waals surface area (Å²) in [5, 5.41) is 28.2. The van der Waals surface area contributed by atoms with Crippen LogP contribution in [-0.2, 0) is 28.8 Å². The highest BCUT2D eigenvalue weighted by Gasteiger charge is 2.45. The molecule has 4 amide bonds. The molecule has 2 saturated carbocycles. The van der Waals surface area contributed by atoms with Gasteiger partial charge in [-0.2, -0.15) is 0 Å². The molecule has 2 aliphatic rings. The van der Waals surface area contributed by atoms with Crippen molar-refractivity contribution in [1.82, 2.24) is 10.6 Å². The number of nitrogens with one attached hydrogen (secondary N) is 4. The van der Waals surface area contributed by atoms with Crippen LogP contribution in [0.2, 0.25) is 0 Å². The Morgan fingerprint density at radius 2 is 1.09 bits per heavy atom. The van der Waals surface area contributed by atoms with Gasteiger partial charge in [-0.1, -0.05) is 24.3 Å². The van der Waals surface area contributed by atoms with Crippen LogP contribution in [-0.4, -0.2) is 56.9 Å². The number of carboxylic acid groups (broad SMARTS) is 2. The fourth-order valence-electron chi connectivity index (χ4n) is 4.79. The fourth-order valence-corrected chi connectivity index (χ4v) is 4.79. The first kappa shape index (κ1) is 33.2. The van der Waals surface area contributed by atoms with Gasteiger partial charge >= 0.3 is 11.9 Å². The van der Waals surface area contributed by atoms with Crippen LogP contribution < -0.4 is 21.3 Å². The van der Waals surface area contributed by atoms with E-state index in [9.17, 15) is 28.8 Å². The number of benzene rings is 2. The summed E-state index contributed by atoms with van der Waals surface area (Å²) in [4.78, 5) is 68.2. The van der Waals surface area contributed by atoms with Crippen LogP contribution in [0.25, 0.3) is 12.2 Å². The molecule has 0 unspecified atom stereocenters. The number of carbonyl (C=O) groups excluding carboxylic acids is 4. The van der Waals surface area contributed by atoms with Crippen LogP contribution in [0, 0.1) is 0 Å². The monoisotopic (exact) mass is 604 g/mol. The third-order valence-corrected chi connectivity index (χ3v) is 7.26. The molecular weight excluding hydrogens is 568 g/mol. The first-order chi connectivity index (χ1) is 20.8. The van der Waals surface area contributed by atoms with Crippen molar-refractivity contribution in [1.29, 1.82) is 0 Å². The van der Waals surface area contributed by atoms with Gasteiger partial charge in [0.25, 0.3) is 0 Å². The molecule has 0 heterocycles. The predicted molar refractivity (Wildman–Crippen MR) is 164 cm³/mol. The van der Waals surface area contributed by atoms with Crippen molar-refractivity contribution < 1.29 is 39.0 Å². The number of carboxylic acids is 2. The number of carbonyl (C=O) groups is 6. The van der Waals surface area contributed by atoms with Crippen LogP contribution >= 0.6 is 0 Å². The highest BCUT2D eigenvalue weighted by molar-refractivity contribution is 6.02. The second-order valence-electron chi connectivity index (χ2n) is 10.7. The molecule has 2 fully saturated rings. The van der Waals surface area contributed by atoms with Crippen LogP contribution in [0.1, 0.15) is 63.5 Å². The van der Waals surface area contributed by atoms with Gasteiger partial charge in [0.05, 0.1) is 0 Å². The molecule has 0 spiro atoms. The van der Waals surface area contributed by atoms with Crippen molar-refractivity contribution >= 4 is 59.1 Å². The molecule has 2 aromatic carbocycles. The van der Waals surface area contributed by atoms with Gasteiger partial charge in [-0.3, -0.25) is 19.2 Å². The lowest BCUT2D eigenvalue weighted by Crippen LogP contribution is -2.60. The molecule has 2 aliphatic carbocycles. The standard InChI is InChI=1S/2C16H18N2O4/c1-11(19)18-16(9-2-10-16)15(22)17-13-6-3-12(4-7-13)5-8-14(20)21;1-11(19)18-16(8-3-9-16)15(22)17-13-5-2-4-12(10-13)6-7-14(20)21/h3-8H,2,9-10H2,1H3,(H,17,22)(H,18,19)(H,20,21);2,4-7,10H,3,8-9H2,1H3,(H,17,22)(H,18,19)(H,20,21)/b8-5+;7-6+. The Bertz CT molecular complexity index is 1470. The molecule has 0 saturated heterocycles. The Morgan fingerprint density at radius 1 is 0.636 bits per heavy atom. The van der Waals surface area contributed by atoms with Crippen LogP contribution in [0.5, 0.6) is 0 Å². The van der Waals surface area contributed by atoms with Gasteiger partial charge in [0.2, 0.25) is 23.6 Å². The van der Waals surface area contributed by atoms with E-state index < -0.39 is 23.0 Å². The molecule has 6 N–H and O–H groups in total. The summed E-state index contributed by atoms with van der Waals surface area (Å²) in [5.74, 6) is -2.96. The van der Waals surface area contributed by atoms with Gasteiger partial charge in [0, 0.05) is 37.4 Å². The number of aliphatic carboxylic acids is 2. The van der Waals surface area contributed by atoms with Crippen molar-refractivity contribution in [2.75, 3.05) is 10.6 Å². The molecule has 0 aliphatic heterocycles. The third-order valence-electron chi connectivity index (χ3n) is 7.26. The van der Waals surface area contributed by atoms with Crippen molar-refractivity contribution in [3.05, 3.63) is 71.8 Å². The zero-order valence-corrected chi connectivity index (χ0v) is 24.5. The Kier molecular flexibility index (Phi) is 11.2. The molecule has 0 aromatic heterocycles. The van der Waals surface area contributed by atoms with E-state index in [1.54, 1.807) is 48.5 Å². The normalized spacial score (nSPS) is 15.9. The molecule has 232 valence electrons. The van der Waals surface area contributed by atoms with Gasteiger partial charge < -0.3 is 31.5 Å². The molecule has 12 nitrogen and oxygen atoms in total. The molecule has 4 rings (SSSR count). The molecule has 0 atom stereocenters. The van der Waals surface area contributed by atoms with E-state index in [1.165, 1.54) is 26.0 Å². The van der Waals surface area contributed by atoms with E-state index in [2.05, 4.69) is 21.3 Å². The lowest BCUT2D eigenvalue weighted by atomic mass is 9.76. The van der Waals surface area contributed by atoms with Crippen molar-refractivity contribution in [3.63, 3.8) is 0 Å². The van der Waals surface area contributed by atoms with Crippen LogP contribution in [0.3, 0.4) is 0 Å². The topological polar surface area (TPSA) is 191 Å². The largest absolute Gasteiger partial charge is 0.478 e. The van der Waals surface area contributed by atoms with E-state index in [1.807, 2.05) is 0 Å². The number of anilines is 2. The number of amides is 4. The van der Waals surface area contributed by atoms with Gasteiger partial charge in [-0.25, -0.2) is 9.59 Å². The highest BCUT2D eigenvalue weighted by Crippen LogP contribution is 2.34. The summed E-state index contributed by atoms with van der Waals surface area (Å²) in [6.07, 6.45) is 9.33. The Balaban J connectivity index is 0.000000240. The van der Waals surface area contributed by atoms with Crippen LogP contribution in [0.4, 0.5) is 11.4 Å². The van der Waals surface area contributed by atoms with Crippen molar-refractivity contribution in [2.24, 2.45) is 0 Å². The summed E-state index contributed by atoms with van der Waals surface area (Å²) < 4.78 is 0. The van der Waals surface area contributed by atoms with Gasteiger partial charge in [0.15, 0.2) is 0 Å². The zero-order valence-electron chi connectivity index (χ0n) is 24.5. The maximum absolute atomic E-state index is 12.4. The maximum Gasteiger partial charge on any atom is 0.328 e. The second-order valence-corrected chi connectivity index (χ2v) is 10.7. The zero-order chi connectivity index (χ0) is 32.3. The second kappa shape index (κ2) is 14.8. The van der Waals surface area contributed by atoms with E-state index in [0.717, 1.165) is 30.6 Å². The van der Waals surface area contributed by atoms with Gasteiger partial charge in [-0.15, -0.1) is 0 Å². The maximum atomic E-state index is 12.4. The first-order valence-electron chi connectivity index (χ1n) is 14.1. The van der Waals surface area contributed by atoms with E-state index >= 15 is 0 Å². The van der Waals surface area contributed by atoms with Gasteiger partial charge in [-0.05, 0) is 86.1 Å². The minimum atomic E-state index is -1.03. The number of hydrogen-bond donors (Lipinski definition) is 6. The molecular formula is C32H36N4O8. The lowest BCUT2D eigenvalue weighted by Gasteiger charge is -2.40. The molecule has 2 aromatic rings. The summed E-state index contributed by atoms with van der Waals surface area (Å²) in [6, 6.07) is 13.7. The SMILES string of the molecule is CC(=O)NC1(C(=O)Nc2ccc(/C=C/C(=O)O)cc2)CCC1.CC(=O)NC1(C(=O)Nc2cccc(/C=C/C(=O)O)c2)CCC1. The van der Waals surface area contributed by atoms with E-state index in [-0.39, 0.29) is 23.6 Å². The van der Waals surface area contributed by atoms with Crippen molar-refractivity contribution in [3.8, 4) is 0 Å². The number of hydrogen-bond acceptors (Lipinski definition) is 6. The Hall–Kier alpha value is -5.26. The molecule has 0 bridgehead atoms. The summed E-state index contributed by atoms with van der Waals surface area (Å²) in [6.45, 7) is 2.79. The highest BCUT2D eigenvalue weighted by atomic mass is 16.4. The Labute approximate surface area is 254 Å². The van der Waals surface area contributed by atoms with Gasteiger partial charge in [0.1, 0.15) is 11.1 Å². The van der Waals surface area contributed by atoms with E-state index in [0.29, 0.717) is 42.6 Å². The average Bonchev–Trinajstić information content (AvgIpc) is 2.91. The molecule has 0 radical (unpaired) electrons. The summed E-state index contributed by atoms with van der Waals surface area (Å²) >= 11 is 0. The molecule has 12 heteroatoms. The minimum Gasteiger partial charge on any atom is -0.478 e. The summed E-state index contributed by atoms with van der Waals surface area (Å²) in [5.41, 5.74) is 0.943. The smallest absolute Gasteiger partial charge is 0.328 e. The van der Waals surface area contributed by atoms with Crippen LogP contribution in [0.15, 0.2) is 60.7 Å². The van der Waals surface area contributed by atoms with Crippen molar-refractivity contribution in [2.45, 2.75) is 63.5 Å². The molecule has 44 heavy (non-hydrogen) atoms. The van der Waals surface area contributed by atoms with E-state index in [4.69, 9.17) is 10.2 Å². The third kappa shape index (κ3) is 9.38. The lowest BCUT2D eigenvalue weighted by molar-refractivity contribution is -0.132. The summed E-state index contributed by atoms with van der Waals surface area (Å²) in [7, 11) is 0. The average molecular weight is 605 g/mol. The quantitative estimate of drug-likeness (QED) is 0.222. The Morgan fingerprint density at radius 3 is 1.50 bits per heavy atom. The first-order valence-corrected chi connectivity index (χ1v) is 14.1. The number of rotatable bonds is 10.